The number of fused-ring (bicyclic) bond motifs is 1. The van der Waals surface area contributed by atoms with Gasteiger partial charge in [0, 0.05) is 18.0 Å². The molecule has 3 aromatic rings. The molecule has 3 heterocycles. The van der Waals surface area contributed by atoms with Crippen molar-refractivity contribution in [3.05, 3.63) is 79.9 Å². The zero-order chi connectivity index (χ0) is 21.8. The lowest BCUT2D eigenvalue weighted by molar-refractivity contribution is -0.134. The van der Waals surface area contributed by atoms with Gasteiger partial charge in [-0.3, -0.25) is 9.59 Å². The molecule has 0 bridgehead atoms. The number of carbonyl (C=O) groups is 2. The highest BCUT2D eigenvalue weighted by molar-refractivity contribution is 7.12. The molecule has 1 unspecified atom stereocenters. The van der Waals surface area contributed by atoms with Crippen molar-refractivity contribution in [2.75, 3.05) is 19.6 Å². The number of halogens is 1. The van der Waals surface area contributed by atoms with Crippen LogP contribution in [0.5, 0.6) is 0 Å². The fraction of sp³-hybridized carbons (Fsp3) is 0.333. The van der Waals surface area contributed by atoms with Gasteiger partial charge in [0.25, 0.3) is 5.91 Å². The summed E-state index contributed by atoms with van der Waals surface area (Å²) in [5, 5.41) is 3.92. The molecule has 2 aromatic heterocycles. The summed E-state index contributed by atoms with van der Waals surface area (Å²) in [6, 6.07) is 11.8. The Morgan fingerprint density at radius 2 is 1.94 bits per heavy atom. The Hall–Kier alpha value is -2.51. The molecule has 1 atom stereocenters. The van der Waals surface area contributed by atoms with Crippen LogP contribution in [0.15, 0.2) is 53.2 Å². The van der Waals surface area contributed by atoms with Gasteiger partial charge in [-0.25, -0.2) is 4.39 Å². The SMILES string of the molecule is CCCCN(CC(=O)N1CCc2sccc2C1c1ccc(F)cc1)C(=O)c1cccs1. The number of hydrogen-bond donors (Lipinski definition) is 0. The number of hydrogen-bond acceptors (Lipinski definition) is 4. The average molecular weight is 457 g/mol. The van der Waals surface area contributed by atoms with E-state index in [1.54, 1.807) is 34.4 Å². The van der Waals surface area contributed by atoms with E-state index in [2.05, 4.69) is 13.0 Å². The van der Waals surface area contributed by atoms with E-state index in [1.165, 1.54) is 28.3 Å². The number of amides is 2. The second kappa shape index (κ2) is 9.75. The van der Waals surface area contributed by atoms with Crippen LogP contribution in [-0.2, 0) is 11.2 Å². The number of thiophene rings is 2. The third kappa shape index (κ3) is 4.72. The Morgan fingerprint density at radius 3 is 2.65 bits per heavy atom. The summed E-state index contributed by atoms with van der Waals surface area (Å²) in [4.78, 5) is 31.9. The molecule has 2 amide bonds. The van der Waals surface area contributed by atoms with E-state index in [4.69, 9.17) is 0 Å². The summed E-state index contributed by atoms with van der Waals surface area (Å²) in [5.74, 6) is -0.467. The summed E-state index contributed by atoms with van der Waals surface area (Å²) < 4.78 is 13.5. The minimum Gasteiger partial charge on any atom is -0.330 e. The zero-order valence-electron chi connectivity index (χ0n) is 17.4. The summed E-state index contributed by atoms with van der Waals surface area (Å²) in [7, 11) is 0. The quantitative estimate of drug-likeness (QED) is 0.480. The van der Waals surface area contributed by atoms with Crippen LogP contribution in [-0.4, -0.2) is 41.2 Å². The first-order valence-corrected chi connectivity index (χ1v) is 12.3. The van der Waals surface area contributed by atoms with E-state index in [0.717, 1.165) is 30.4 Å². The molecule has 162 valence electrons. The second-order valence-corrected chi connectivity index (χ2v) is 9.60. The molecule has 0 aliphatic carbocycles. The number of benzene rings is 1. The van der Waals surface area contributed by atoms with Gasteiger partial charge in [-0.2, -0.15) is 0 Å². The normalized spacial score (nSPS) is 15.5. The molecule has 0 saturated carbocycles. The standard InChI is InChI=1S/C24H25FN2O2S2/c1-2-3-12-26(24(29)21-5-4-14-30-21)16-22(28)27-13-10-20-19(11-15-31-20)23(27)17-6-8-18(25)9-7-17/h4-9,11,14-15,23H,2-3,10,12-13,16H2,1H3. The topological polar surface area (TPSA) is 40.6 Å². The minimum atomic E-state index is -0.296. The lowest BCUT2D eigenvalue weighted by Crippen LogP contribution is -2.47. The fourth-order valence-corrected chi connectivity index (χ4v) is 5.60. The zero-order valence-corrected chi connectivity index (χ0v) is 19.1. The summed E-state index contributed by atoms with van der Waals surface area (Å²) >= 11 is 3.09. The summed E-state index contributed by atoms with van der Waals surface area (Å²) in [6.45, 7) is 3.26. The van der Waals surface area contributed by atoms with Crippen molar-refractivity contribution < 1.29 is 14.0 Å². The number of unbranched alkanes of at least 4 members (excludes halogenated alkanes) is 1. The molecule has 0 N–H and O–H groups in total. The number of rotatable bonds is 7. The minimum absolute atomic E-state index is 0.0495. The molecule has 4 nitrogen and oxygen atoms in total. The lowest BCUT2D eigenvalue weighted by atomic mass is 9.93. The van der Waals surface area contributed by atoms with Crippen LogP contribution in [0.25, 0.3) is 0 Å². The van der Waals surface area contributed by atoms with Gasteiger partial charge >= 0.3 is 0 Å². The predicted octanol–water partition coefficient (Wildman–Crippen LogP) is 5.37. The van der Waals surface area contributed by atoms with Crippen LogP contribution in [0.3, 0.4) is 0 Å². The van der Waals surface area contributed by atoms with Gasteiger partial charge in [-0.1, -0.05) is 31.5 Å². The maximum Gasteiger partial charge on any atom is 0.264 e. The predicted molar refractivity (Wildman–Crippen MR) is 123 cm³/mol. The average Bonchev–Trinajstić information content (AvgIpc) is 3.48. The van der Waals surface area contributed by atoms with Gasteiger partial charge in [-0.15, -0.1) is 22.7 Å². The third-order valence-electron chi connectivity index (χ3n) is 5.60. The molecule has 0 radical (unpaired) electrons. The van der Waals surface area contributed by atoms with Gasteiger partial charge in [-0.05, 0) is 59.0 Å². The van der Waals surface area contributed by atoms with Crippen molar-refractivity contribution in [3.8, 4) is 0 Å². The number of carbonyl (C=O) groups excluding carboxylic acids is 2. The van der Waals surface area contributed by atoms with Crippen LogP contribution >= 0.6 is 22.7 Å². The van der Waals surface area contributed by atoms with E-state index in [-0.39, 0.29) is 30.2 Å². The van der Waals surface area contributed by atoms with Crippen LogP contribution in [0, 0.1) is 5.82 Å². The molecule has 1 aliphatic heterocycles. The Labute approximate surface area is 189 Å². The van der Waals surface area contributed by atoms with Crippen LogP contribution in [0.4, 0.5) is 4.39 Å². The lowest BCUT2D eigenvalue weighted by Gasteiger charge is -2.37. The first kappa shape index (κ1) is 21.7. The molecular formula is C24H25FN2O2S2. The van der Waals surface area contributed by atoms with Crippen LogP contribution in [0.1, 0.15) is 51.5 Å². The Bertz CT molecular complexity index is 1030. The van der Waals surface area contributed by atoms with Crippen molar-refractivity contribution in [3.63, 3.8) is 0 Å². The van der Waals surface area contributed by atoms with Crippen molar-refractivity contribution in [2.45, 2.75) is 32.2 Å². The van der Waals surface area contributed by atoms with Crippen molar-refractivity contribution in [1.29, 1.82) is 0 Å². The molecular weight excluding hydrogens is 431 g/mol. The van der Waals surface area contributed by atoms with Gasteiger partial charge in [0.2, 0.25) is 5.91 Å². The van der Waals surface area contributed by atoms with E-state index in [1.807, 2.05) is 21.7 Å². The van der Waals surface area contributed by atoms with Gasteiger partial charge in [0.1, 0.15) is 12.4 Å². The molecule has 0 fully saturated rings. The maximum atomic E-state index is 13.5. The van der Waals surface area contributed by atoms with E-state index >= 15 is 0 Å². The van der Waals surface area contributed by atoms with Crippen molar-refractivity contribution >= 4 is 34.5 Å². The Morgan fingerprint density at radius 1 is 1.13 bits per heavy atom. The van der Waals surface area contributed by atoms with E-state index in [0.29, 0.717) is 18.0 Å². The van der Waals surface area contributed by atoms with Gasteiger partial charge in [0.05, 0.1) is 10.9 Å². The maximum absolute atomic E-state index is 13.5. The van der Waals surface area contributed by atoms with E-state index in [9.17, 15) is 14.0 Å². The highest BCUT2D eigenvalue weighted by Crippen LogP contribution is 2.38. The second-order valence-electron chi connectivity index (χ2n) is 7.65. The highest BCUT2D eigenvalue weighted by atomic mass is 32.1. The van der Waals surface area contributed by atoms with Gasteiger partial charge in [0.15, 0.2) is 0 Å². The molecule has 4 rings (SSSR count). The summed E-state index contributed by atoms with van der Waals surface area (Å²) in [6.07, 6.45) is 2.59. The first-order valence-electron chi connectivity index (χ1n) is 10.5. The smallest absolute Gasteiger partial charge is 0.264 e. The van der Waals surface area contributed by atoms with Crippen molar-refractivity contribution in [2.24, 2.45) is 0 Å². The monoisotopic (exact) mass is 456 g/mol. The van der Waals surface area contributed by atoms with E-state index < -0.39 is 0 Å². The van der Waals surface area contributed by atoms with Crippen LogP contribution < -0.4 is 0 Å². The van der Waals surface area contributed by atoms with Crippen LogP contribution in [0.2, 0.25) is 0 Å². The molecule has 7 heteroatoms. The molecule has 31 heavy (non-hydrogen) atoms. The summed E-state index contributed by atoms with van der Waals surface area (Å²) in [5.41, 5.74) is 1.99. The molecule has 1 aromatic carbocycles. The largest absolute Gasteiger partial charge is 0.330 e. The highest BCUT2D eigenvalue weighted by Gasteiger charge is 2.34. The fourth-order valence-electron chi connectivity index (χ4n) is 4.00. The number of nitrogens with zero attached hydrogens (tertiary/aromatic N) is 2. The van der Waals surface area contributed by atoms with Gasteiger partial charge < -0.3 is 9.80 Å². The van der Waals surface area contributed by atoms with Crippen molar-refractivity contribution in [1.82, 2.24) is 9.80 Å². The Balaban J connectivity index is 1.60. The Kier molecular flexibility index (Phi) is 6.83. The molecule has 0 spiro atoms. The molecule has 0 saturated heterocycles. The first-order chi connectivity index (χ1) is 15.1. The third-order valence-corrected chi connectivity index (χ3v) is 7.45. The molecule has 1 aliphatic rings.